The number of para-hydroxylation sites is 1. The summed E-state index contributed by atoms with van der Waals surface area (Å²) in [6.45, 7) is 7.77. The highest BCUT2D eigenvalue weighted by molar-refractivity contribution is 6.30. The lowest BCUT2D eigenvalue weighted by molar-refractivity contribution is -1.02. The second-order valence-electron chi connectivity index (χ2n) is 6.85. The number of nitrogens with one attached hydrogen (secondary N) is 3. The first-order valence-electron chi connectivity index (χ1n) is 8.87. The number of anilines is 1. The molecule has 2 aromatic carbocycles. The molecule has 1 amide bonds. The summed E-state index contributed by atoms with van der Waals surface area (Å²) in [5, 5.41) is 3.83. The number of piperazine rings is 1. The molecule has 2 aromatic rings. The standard InChI is InChI=1S/C20H24ClN3O/c1-16-5-2-3-8-19(16)22-20(25)15-24-11-9-23(10-12-24)14-17-6-4-7-18(21)13-17/h2-8,13H,9-12,14-15H2,1H3,(H,22,25)/p+2. The predicted molar refractivity (Wildman–Crippen MR) is 101 cm³/mol. The molecule has 1 saturated heterocycles. The third kappa shape index (κ3) is 5.30. The summed E-state index contributed by atoms with van der Waals surface area (Å²) in [7, 11) is 0. The molecule has 0 saturated carbocycles. The Labute approximate surface area is 154 Å². The van der Waals surface area contributed by atoms with Crippen LogP contribution in [0, 0.1) is 6.92 Å². The fraction of sp³-hybridized carbons (Fsp3) is 0.350. The Morgan fingerprint density at radius 3 is 2.48 bits per heavy atom. The molecule has 4 nitrogen and oxygen atoms in total. The van der Waals surface area contributed by atoms with Crippen molar-refractivity contribution < 1.29 is 14.6 Å². The van der Waals surface area contributed by atoms with Gasteiger partial charge in [0.15, 0.2) is 6.54 Å². The van der Waals surface area contributed by atoms with E-state index in [1.165, 1.54) is 10.5 Å². The number of halogens is 1. The summed E-state index contributed by atoms with van der Waals surface area (Å²) >= 11 is 6.06. The Morgan fingerprint density at radius 2 is 1.76 bits per heavy atom. The zero-order valence-electron chi connectivity index (χ0n) is 14.6. The molecule has 0 aliphatic carbocycles. The van der Waals surface area contributed by atoms with Crippen LogP contribution in [-0.4, -0.2) is 38.6 Å². The summed E-state index contributed by atoms with van der Waals surface area (Å²) in [5.41, 5.74) is 3.29. The third-order valence-corrected chi connectivity index (χ3v) is 5.07. The highest BCUT2D eigenvalue weighted by Gasteiger charge is 2.25. The van der Waals surface area contributed by atoms with Crippen LogP contribution in [0.5, 0.6) is 0 Å². The van der Waals surface area contributed by atoms with Gasteiger partial charge in [0.05, 0.1) is 0 Å². The van der Waals surface area contributed by atoms with Crippen LogP contribution < -0.4 is 15.1 Å². The number of amides is 1. The van der Waals surface area contributed by atoms with Crippen LogP contribution >= 0.6 is 11.6 Å². The molecule has 1 heterocycles. The number of carbonyl (C=O) groups is 1. The quantitative estimate of drug-likeness (QED) is 0.717. The second-order valence-corrected chi connectivity index (χ2v) is 7.28. The van der Waals surface area contributed by atoms with Gasteiger partial charge in [-0.15, -0.1) is 0 Å². The van der Waals surface area contributed by atoms with Crippen LogP contribution in [-0.2, 0) is 11.3 Å². The minimum absolute atomic E-state index is 0.0996. The van der Waals surface area contributed by atoms with Crippen molar-refractivity contribution >= 4 is 23.2 Å². The Kier molecular flexibility index (Phi) is 6.08. The molecule has 0 unspecified atom stereocenters. The van der Waals surface area contributed by atoms with Crippen LogP contribution in [0.2, 0.25) is 5.02 Å². The summed E-state index contributed by atoms with van der Waals surface area (Å²) in [4.78, 5) is 15.2. The maximum Gasteiger partial charge on any atom is 0.279 e. The van der Waals surface area contributed by atoms with E-state index in [-0.39, 0.29) is 5.91 Å². The molecule has 0 radical (unpaired) electrons. The van der Waals surface area contributed by atoms with E-state index in [4.69, 9.17) is 11.6 Å². The molecule has 5 heteroatoms. The van der Waals surface area contributed by atoms with Crippen molar-refractivity contribution in [2.24, 2.45) is 0 Å². The molecule has 0 atom stereocenters. The zero-order valence-corrected chi connectivity index (χ0v) is 15.4. The van der Waals surface area contributed by atoms with Gasteiger partial charge in [0.25, 0.3) is 5.91 Å². The van der Waals surface area contributed by atoms with Gasteiger partial charge in [-0.3, -0.25) is 4.79 Å². The lowest BCUT2D eigenvalue weighted by Crippen LogP contribution is -3.28. The number of hydrogen-bond acceptors (Lipinski definition) is 1. The van der Waals surface area contributed by atoms with E-state index in [0.717, 1.165) is 49.0 Å². The van der Waals surface area contributed by atoms with Gasteiger partial charge in [-0.2, -0.15) is 0 Å². The fourth-order valence-electron chi connectivity index (χ4n) is 3.38. The first-order valence-corrected chi connectivity index (χ1v) is 9.25. The van der Waals surface area contributed by atoms with E-state index in [1.54, 1.807) is 4.90 Å². The number of rotatable bonds is 5. The smallest absolute Gasteiger partial charge is 0.279 e. The molecule has 1 aliphatic rings. The fourth-order valence-corrected chi connectivity index (χ4v) is 3.59. The second kappa shape index (κ2) is 8.48. The van der Waals surface area contributed by atoms with Gasteiger partial charge in [0.2, 0.25) is 0 Å². The number of carbonyl (C=O) groups excluding carboxylic acids is 1. The maximum absolute atomic E-state index is 12.3. The normalized spacial score (nSPS) is 20.2. The number of aryl methyl sites for hydroxylation is 1. The van der Waals surface area contributed by atoms with Crippen molar-refractivity contribution in [2.45, 2.75) is 13.5 Å². The summed E-state index contributed by atoms with van der Waals surface area (Å²) in [6.07, 6.45) is 0. The molecule has 0 bridgehead atoms. The topological polar surface area (TPSA) is 38.0 Å². The molecule has 3 rings (SSSR count). The molecule has 132 valence electrons. The van der Waals surface area contributed by atoms with Gasteiger partial charge < -0.3 is 15.1 Å². The summed E-state index contributed by atoms with van der Waals surface area (Å²) in [5.74, 6) is 0.0996. The average Bonchev–Trinajstić information content (AvgIpc) is 2.59. The van der Waals surface area contributed by atoms with E-state index >= 15 is 0 Å². The van der Waals surface area contributed by atoms with Gasteiger partial charge in [0, 0.05) is 16.3 Å². The van der Waals surface area contributed by atoms with Crippen molar-refractivity contribution in [1.82, 2.24) is 0 Å². The maximum atomic E-state index is 12.3. The highest BCUT2D eigenvalue weighted by Crippen LogP contribution is 2.12. The Hall–Kier alpha value is -1.88. The molecule has 3 N–H and O–H groups in total. The Morgan fingerprint density at radius 1 is 1.04 bits per heavy atom. The first kappa shape index (κ1) is 17.9. The molecule has 1 fully saturated rings. The minimum Gasteiger partial charge on any atom is -0.322 e. The monoisotopic (exact) mass is 359 g/mol. The van der Waals surface area contributed by atoms with E-state index in [0.29, 0.717) is 6.54 Å². The van der Waals surface area contributed by atoms with Crippen LogP contribution in [0.15, 0.2) is 48.5 Å². The largest absolute Gasteiger partial charge is 0.322 e. The van der Waals surface area contributed by atoms with Gasteiger partial charge in [-0.05, 0) is 30.7 Å². The molecular weight excluding hydrogens is 334 g/mol. The van der Waals surface area contributed by atoms with Crippen molar-refractivity contribution in [3.8, 4) is 0 Å². The van der Waals surface area contributed by atoms with Crippen molar-refractivity contribution in [3.05, 3.63) is 64.7 Å². The molecule has 0 spiro atoms. The minimum atomic E-state index is 0.0996. The van der Waals surface area contributed by atoms with Gasteiger partial charge in [-0.1, -0.05) is 41.9 Å². The lowest BCUT2D eigenvalue weighted by Gasteiger charge is -2.29. The van der Waals surface area contributed by atoms with Crippen LogP contribution in [0.4, 0.5) is 5.69 Å². The van der Waals surface area contributed by atoms with Gasteiger partial charge in [0.1, 0.15) is 32.7 Å². The first-order chi connectivity index (χ1) is 12.1. The predicted octanol–water partition coefficient (Wildman–Crippen LogP) is 0.571. The molecular formula is C20H26ClN3O+2. The van der Waals surface area contributed by atoms with E-state index in [9.17, 15) is 4.79 Å². The van der Waals surface area contributed by atoms with Gasteiger partial charge in [-0.25, -0.2) is 0 Å². The lowest BCUT2D eigenvalue weighted by atomic mass is 10.2. The Bertz CT molecular complexity index is 726. The summed E-state index contributed by atoms with van der Waals surface area (Å²) in [6, 6.07) is 16.0. The number of hydrogen-bond donors (Lipinski definition) is 3. The average molecular weight is 360 g/mol. The molecule has 0 aromatic heterocycles. The molecule has 1 aliphatic heterocycles. The Balaban J connectivity index is 1.44. The number of quaternary nitrogens is 2. The van der Waals surface area contributed by atoms with Crippen molar-refractivity contribution in [1.29, 1.82) is 0 Å². The van der Waals surface area contributed by atoms with Crippen LogP contribution in [0.3, 0.4) is 0 Å². The van der Waals surface area contributed by atoms with Crippen LogP contribution in [0.1, 0.15) is 11.1 Å². The van der Waals surface area contributed by atoms with Crippen molar-refractivity contribution in [3.63, 3.8) is 0 Å². The van der Waals surface area contributed by atoms with E-state index < -0.39 is 0 Å². The summed E-state index contributed by atoms with van der Waals surface area (Å²) < 4.78 is 0. The SMILES string of the molecule is Cc1ccccc1NC(=O)C[NH+]1CC[NH+](Cc2cccc(Cl)c2)CC1. The third-order valence-electron chi connectivity index (χ3n) is 4.84. The van der Waals surface area contributed by atoms with Crippen molar-refractivity contribution in [2.75, 3.05) is 38.0 Å². The van der Waals surface area contributed by atoms with E-state index in [2.05, 4.69) is 11.4 Å². The number of benzene rings is 2. The zero-order chi connectivity index (χ0) is 17.6. The highest BCUT2D eigenvalue weighted by atomic mass is 35.5. The van der Waals surface area contributed by atoms with Crippen LogP contribution in [0.25, 0.3) is 0 Å². The van der Waals surface area contributed by atoms with Gasteiger partial charge >= 0.3 is 0 Å². The molecule has 25 heavy (non-hydrogen) atoms. The van der Waals surface area contributed by atoms with E-state index in [1.807, 2.05) is 49.4 Å².